The van der Waals surface area contributed by atoms with Crippen LogP contribution >= 0.6 is 0 Å². The van der Waals surface area contributed by atoms with Gasteiger partial charge in [0.15, 0.2) is 5.78 Å². The van der Waals surface area contributed by atoms with Gasteiger partial charge in [-0.1, -0.05) is 13.3 Å². The molecule has 2 rings (SSSR count). The molecule has 1 aliphatic heterocycles. The lowest BCUT2D eigenvalue weighted by Crippen LogP contribution is -2.36. The molecule has 0 amide bonds. The molecule has 1 N–H and O–H groups in total. The summed E-state index contributed by atoms with van der Waals surface area (Å²) in [4.78, 5) is 12.0. The van der Waals surface area contributed by atoms with E-state index in [1.807, 2.05) is 20.8 Å². The fourth-order valence-electron chi connectivity index (χ4n) is 2.24. The van der Waals surface area contributed by atoms with Crippen LogP contribution in [0, 0.1) is 0 Å². The third kappa shape index (κ3) is 2.14. The lowest BCUT2D eigenvalue weighted by Gasteiger charge is -2.33. The molecule has 3 heteroatoms. The largest absolute Gasteiger partial charge is 0.508 e. The van der Waals surface area contributed by atoms with Crippen LogP contribution in [0.1, 0.15) is 49.5 Å². The van der Waals surface area contributed by atoms with Crippen molar-refractivity contribution in [3.8, 4) is 11.5 Å². The second-order valence-electron chi connectivity index (χ2n) is 5.15. The number of fused-ring (bicyclic) bond motifs is 1. The highest BCUT2D eigenvalue weighted by molar-refractivity contribution is 6.01. The number of Topliss-reactive ketones (excluding diaryl/α,β-unsaturated/α-hetero) is 1. The Morgan fingerprint density at radius 2 is 2.12 bits per heavy atom. The molecule has 0 radical (unpaired) electrons. The fourth-order valence-corrected chi connectivity index (χ4v) is 2.24. The number of hydrogen-bond acceptors (Lipinski definition) is 3. The van der Waals surface area contributed by atoms with Gasteiger partial charge < -0.3 is 9.84 Å². The second-order valence-corrected chi connectivity index (χ2v) is 5.15. The zero-order valence-corrected chi connectivity index (χ0v) is 10.5. The van der Waals surface area contributed by atoms with Crippen LogP contribution in [0.2, 0.25) is 0 Å². The molecular weight excluding hydrogens is 216 g/mol. The summed E-state index contributed by atoms with van der Waals surface area (Å²) < 4.78 is 5.87. The molecule has 92 valence electrons. The van der Waals surface area contributed by atoms with Crippen molar-refractivity contribution in [2.45, 2.75) is 45.6 Å². The Labute approximate surface area is 101 Å². The van der Waals surface area contributed by atoms with Crippen LogP contribution in [0.5, 0.6) is 11.5 Å². The van der Waals surface area contributed by atoms with E-state index >= 15 is 0 Å². The van der Waals surface area contributed by atoms with E-state index in [0.29, 0.717) is 17.7 Å². The summed E-state index contributed by atoms with van der Waals surface area (Å²) in [5.41, 5.74) is 0.872. The van der Waals surface area contributed by atoms with Gasteiger partial charge in [-0.25, -0.2) is 0 Å². The molecule has 0 unspecified atom stereocenters. The first-order valence-electron chi connectivity index (χ1n) is 6.01. The average Bonchev–Trinajstić information content (AvgIpc) is 2.21. The van der Waals surface area contributed by atoms with E-state index in [1.54, 1.807) is 12.1 Å². The zero-order valence-electron chi connectivity index (χ0n) is 10.5. The van der Waals surface area contributed by atoms with Crippen molar-refractivity contribution in [1.82, 2.24) is 0 Å². The quantitative estimate of drug-likeness (QED) is 0.855. The summed E-state index contributed by atoms with van der Waals surface area (Å²) in [6.45, 7) is 5.83. The maximum absolute atomic E-state index is 12.0. The van der Waals surface area contributed by atoms with Crippen molar-refractivity contribution in [2.24, 2.45) is 0 Å². The van der Waals surface area contributed by atoms with Gasteiger partial charge in [-0.05, 0) is 32.4 Å². The van der Waals surface area contributed by atoms with Crippen LogP contribution < -0.4 is 4.74 Å². The third-order valence-corrected chi connectivity index (χ3v) is 3.00. The standard InChI is InChI=1S/C14H18O3/c1-4-5-9-11(15)7-6-10-12(16)8-14(2,3)17-13(9)10/h6-7,15H,4-5,8H2,1-3H3. The summed E-state index contributed by atoms with van der Waals surface area (Å²) in [6.07, 6.45) is 2.01. The summed E-state index contributed by atoms with van der Waals surface area (Å²) in [6, 6.07) is 3.24. The van der Waals surface area contributed by atoms with Crippen LogP contribution in [-0.2, 0) is 6.42 Å². The monoisotopic (exact) mass is 234 g/mol. The molecule has 0 atom stereocenters. The minimum atomic E-state index is -0.486. The number of hydrogen-bond donors (Lipinski definition) is 1. The summed E-state index contributed by atoms with van der Waals surface area (Å²) in [5.74, 6) is 0.887. The van der Waals surface area contributed by atoms with Crippen LogP contribution in [-0.4, -0.2) is 16.5 Å². The SMILES string of the molecule is CCCc1c(O)ccc2c1OC(C)(C)CC2=O. The minimum Gasteiger partial charge on any atom is -0.508 e. The Kier molecular flexibility index (Phi) is 2.86. The van der Waals surface area contributed by atoms with Gasteiger partial charge in [0.05, 0.1) is 12.0 Å². The molecular formula is C14H18O3. The zero-order chi connectivity index (χ0) is 12.6. The van der Waals surface area contributed by atoms with Gasteiger partial charge in [-0.2, -0.15) is 0 Å². The normalized spacial score (nSPS) is 17.5. The maximum Gasteiger partial charge on any atom is 0.170 e. The lowest BCUT2D eigenvalue weighted by molar-refractivity contribution is 0.0612. The molecule has 0 aliphatic carbocycles. The molecule has 1 aliphatic rings. The predicted octanol–water partition coefficient (Wildman–Crippen LogP) is 3.09. The highest BCUT2D eigenvalue weighted by atomic mass is 16.5. The second kappa shape index (κ2) is 4.06. The summed E-state index contributed by atoms with van der Waals surface area (Å²) in [7, 11) is 0. The topological polar surface area (TPSA) is 46.5 Å². The van der Waals surface area contributed by atoms with Gasteiger partial charge in [-0.3, -0.25) is 4.79 Å². The first kappa shape index (κ1) is 12.0. The Hall–Kier alpha value is -1.51. The van der Waals surface area contributed by atoms with Gasteiger partial charge in [0.25, 0.3) is 0 Å². The average molecular weight is 234 g/mol. The van der Waals surface area contributed by atoms with Crippen molar-refractivity contribution in [1.29, 1.82) is 0 Å². The number of phenolic OH excluding ortho intramolecular Hbond substituents is 1. The lowest BCUT2D eigenvalue weighted by atomic mass is 9.90. The summed E-state index contributed by atoms with van der Waals surface area (Å²) >= 11 is 0. The van der Waals surface area contributed by atoms with E-state index < -0.39 is 5.60 Å². The van der Waals surface area contributed by atoms with Gasteiger partial charge in [0.2, 0.25) is 0 Å². The van der Waals surface area contributed by atoms with Gasteiger partial charge >= 0.3 is 0 Å². The van der Waals surface area contributed by atoms with Crippen molar-refractivity contribution >= 4 is 5.78 Å². The number of rotatable bonds is 2. The van der Waals surface area contributed by atoms with E-state index in [-0.39, 0.29) is 11.5 Å². The van der Waals surface area contributed by atoms with Gasteiger partial charge in [-0.15, -0.1) is 0 Å². The number of carbonyl (C=O) groups is 1. The molecule has 1 aromatic rings. The molecule has 0 aromatic heterocycles. The van der Waals surface area contributed by atoms with Crippen LogP contribution in [0.3, 0.4) is 0 Å². The van der Waals surface area contributed by atoms with E-state index in [4.69, 9.17) is 4.74 Å². The predicted molar refractivity (Wildman–Crippen MR) is 65.8 cm³/mol. The number of ketones is 1. The number of carbonyl (C=O) groups excluding carboxylic acids is 1. The number of ether oxygens (including phenoxy) is 1. The molecule has 17 heavy (non-hydrogen) atoms. The first-order chi connectivity index (χ1) is 7.94. The van der Waals surface area contributed by atoms with Crippen molar-refractivity contribution < 1.29 is 14.6 Å². The van der Waals surface area contributed by atoms with Crippen LogP contribution in [0.25, 0.3) is 0 Å². The van der Waals surface area contributed by atoms with Gasteiger partial charge in [0.1, 0.15) is 17.1 Å². The number of benzene rings is 1. The van der Waals surface area contributed by atoms with Crippen molar-refractivity contribution in [3.63, 3.8) is 0 Å². The Morgan fingerprint density at radius 3 is 2.76 bits per heavy atom. The fraction of sp³-hybridized carbons (Fsp3) is 0.500. The smallest absolute Gasteiger partial charge is 0.170 e. The Morgan fingerprint density at radius 1 is 1.41 bits per heavy atom. The van der Waals surface area contributed by atoms with Crippen molar-refractivity contribution in [2.75, 3.05) is 0 Å². The molecule has 1 aromatic carbocycles. The Balaban J connectivity index is 2.56. The van der Waals surface area contributed by atoms with Crippen LogP contribution in [0.4, 0.5) is 0 Å². The Bertz CT molecular complexity index is 461. The number of phenols is 1. The molecule has 3 nitrogen and oxygen atoms in total. The van der Waals surface area contributed by atoms with E-state index in [0.717, 1.165) is 18.4 Å². The highest BCUT2D eigenvalue weighted by Crippen LogP contribution is 2.40. The molecule has 0 bridgehead atoms. The van der Waals surface area contributed by atoms with E-state index in [2.05, 4.69) is 0 Å². The van der Waals surface area contributed by atoms with Crippen LogP contribution in [0.15, 0.2) is 12.1 Å². The van der Waals surface area contributed by atoms with E-state index in [9.17, 15) is 9.90 Å². The number of aromatic hydroxyl groups is 1. The molecule has 0 saturated heterocycles. The van der Waals surface area contributed by atoms with E-state index in [1.165, 1.54) is 0 Å². The minimum absolute atomic E-state index is 0.0913. The first-order valence-corrected chi connectivity index (χ1v) is 6.01. The maximum atomic E-state index is 12.0. The molecule has 0 spiro atoms. The third-order valence-electron chi connectivity index (χ3n) is 3.00. The van der Waals surface area contributed by atoms with Gasteiger partial charge in [0, 0.05) is 5.56 Å². The molecule has 0 saturated carbocycles. The molecule has 1 heterocycles. The molecule has 0 fully saturated rings. The van der Waals surface area contributed by atoms with Crippen molar-refractivity contribution in [3.05, 3.63) is 23.3 Å². The summed E-state index contributed by atoms with van der Waals surface area (Å²) in [5, 5.41) is 9.86. The highest BCUT2D eigenvalue weighted by Gasteiger charge is 2.34.